The topological polar surface area (TPSA) is 104 Å². The van der Waals surface area contributed by atoms with Gasteiger partial charge in [-0.25, -0.2) is 13.2 Å². The Balaban J connectivity index is 1.88. The normalized spacial score (nSPS) is 28.6. The molecule has 0 saturated carbocycles. The summed E-state index contributed by atoms with van der Waals surface area (Å²) in [5, 5.41) is 13.1. The van der Waals surface area contributed by atoms with E-state index in [1.54, 1.807) is 30.3 Å². The van der Waals surface area contributed by atoms with E-state index in [9.17, 15) is 23.1 Å². The van der Waals surface area contributed by atoms with Gasteiger partial charge < -0.3 is 10.4 Å². The summed E-state index contributed by atoms with van der Waals surface area (Å²) in [7, 11) is -3.53. The molecule has 3 atom stereocenters. The van der Waals surface area contributed by atoms with Crippen molar-refractivity contribution in [1.82, 2.24) is 10.2 Å². The number of hydrogen-bond acceptors (Lipinski definition) is 5. The van der Waals surface area contributed by atoms with Gasteiger partial charge in [0.15, 0.2) is 15.4 Å². The van der Waals surface area contributed by atoms with Crippen molar-refractivity contribution in [3.63, 3.8) is 0 Å². The largest absolute Gasteiger partial charge is 0.390 e. The van der Waals surface area contributed by atoms with E-state index in [1.165, 1.54) is 0 Å². The lowest BCUT2D eigenvalue weighted by Crippen LogP contribution is -2.49. The molecule has 2 N–H and O–H groups in total. The maximum absolute atomic E-state index is 13.7. The Kier molecular flexibility index (Phi) is 4.51. The highest BCUT2D eigenvalue weighted by Gasteiger charge is 2.58. The molecule has 0 radical (unpaired) electrons. The lowest BCUT2D eigenvalue weighted by atomic mass is 9.81. The predicted molar refractivity (Wildman–Crippen MR) is 107 cm³/mol. The molecule has 2 aliphatic rings. The fraction of sp³-hybridized carbons (Fsp3) is 0.333. The van der Waals surface area contributed by atoms with Crippen molar-refractivity contribution < 1.29 is 23.1 Å². The maximum Gasteiger partial charge on any atom is 0.325 e. The Morgan fingerprint density at radius 3 is 2.28 bits per heavy atom. The number of carbonyl (C=O) groups is 2. The van der Waals surface area contributed by atoms with Crippen molar-refractivity contribution in [2.45, 2.75) is 31.5 Å². The van der Waals surface area contributed by atoms with Crippen LogP contribution in [0.15, 0.2) is 48.5 Å². The van der Waals surface area contributed by atoms with Crippen LogP contribution in [0, 0.1) is 13.8 Å². The van der Waals surface area contributed by atoms with E-state index in [2.05, 4.69) is 5.32 Å². The summed E-state index contributed by atoms with van der Waals surface area (Å²) >= 11 is 0. The van der Waals surface area contributed by atoms with Crippen LogP contribution in [0.1, 0.15) is 22.3 Å². The second-order valence-corrected chi connectivity index (χ2v) is 9.89. The molecule has 8 heteroatoms. The van der Waals surface area contributed by atoms with Crippen LogP contribution in [0.2, 0.25) is 0 Å². The number of sulfone groups is 1. The van der Waals surface area contributed by atoms with Gasteiger partial charge in [-0.15, -0.1) is 0 Å². The molecule has 29 heavy (non-hydrogen) atoms. The first-order valence-electron chi connectivity index (χ1n) is 9.33. The van der Waals surface area contributed by atoms with Crippen LogP contribution in [0.5, 0.6) is 0 Å². The van der Waals surface area contributed by atoms with Gasteiger partial charge in [-0.2, -0.15) is 0 Å². The average molecular weight is 414 g/mol. The fourth-order valence-corrected chi connectivity index (χ4v) is 5.90. The summed E-state index contributed by atoms with van der Waals surface area (Å²) in [5.74, 6) is -1.49. The van der Waals surface area contributed by atoms with Crippen molar-refractivity contribution in [2.24, 2.45) is 0 Å². The smallest absolute Gasteiger partial charge is 0.325 e. The molecule has 7 nitrogen and oxygen atoms in total. The summed E-state index contributed by atoms with van der Waals surface area (Å²) in [4.78, 5) is 27.5. The second kappa shape index (κ2) is 6.67. The van der Waals surface area contributed by atoms with E-state index in [4.69, 9.17) is 0 Å². The number of aryl methyl sites for hydroxylation is 2. The lowest BCUT2D eigenvalue weighted by molar-refractivity contribution is -0.132. The summed E-state index contributed by atoms with van der Waals surface area (Å²) < 4.78 is 24.0. The third kappa shape index (κ3) is 3.03. The van der Waals surface area contributed by atoms with Gasteiger partial charge >= 0.3 is 6.03 Å². The Labute approximate surface area is 169 Å². The number of aliphatic hydroxyl groups is 1. The molecule has 0 unspecified atom stereocenters. The fourth-order valence-electron chi connectivity index (χ4n) is 4.13. The Bertz CT molecular complexity index is 1100. The number of carbonyl (C=O) groups excluding carboxylic acids is 2. The van der Waals surface area contributed by atoms with Crippen molar-refractivity contribution in [2.75, 3.05) is 11.5 Å². The van der Waals surface area contributed by atoms with Crippen molar-refractivity contribution >= 4 is 21.8 Å². The molecular weight excluding hydrogens is 392 g/mol. The molecule has 152 valence electrons. The zero-order chi connectivity index (χ0) is 21.0. The number of urea groups is 1. The molecular formula is C21H22N2O5S. The number of nitrogens with one attached hydrogen (secondary N) is 1. The number of rotatable bonds is 3. The summed E-state index contributed by atoms with van der Waals surface area (Å²) in [6.07, 6.45) is -1.30. The zero-order valence-corrected chi connectivity index (χ0v) is 16.9. The van der Waals surface area contributed by atoms with Crippen LogP contribution < -0.4 is 5.32 Å². The van der Waals surface area contributed by atoms with E-state index in [0.29, 0.717) is 11.1 Å². The van der Waals surface area contributed by atoms with Gasteiger partial charge in [-0.05, 0) is 36.1 Å². The third-order valence-electron chi connectivity index (χ3n) is 5.82. The summed E-state index contributed by atoms with van der Waals surface area (Å²) in [6.45, 7) is 3.87. The van der Waals surface area contributed by atoms with Gasteiger partial charge in [0.05, 0.1) is 23.7 Å². The minimum Gasteiger partial charge on any atom is -0.390 e. The highest BCUT2D eigenvalue weighted by molar-refractivity contribution is 7.91. The minimum atomic E-state index is -3.53. The first kappa shape index (κ1) is 19.6. The first-order chi connectivity index (χ1) is 13.7. The van der Waals surface area contributed by atoms with Crippen LogP contribution in [0.25, 0.3) is 0 Å². The molecule has 4 rings (SSSR count). The first-order valence-corrected chi connectivity index (χ1v) is 11.2. The van der Waals surface area contributed by atoms with Crippen molar-refractivity contribution in [3.8, 4) is 0 Å². The number of imide groups is 1. The Hall–Kier alpha value is -2.71. The molecule has 0 spiro atoms. The van der Waals surface area contributed by atoms with Crippen molar-refractivity contribution in [3.05, 3.63) is 70.8 Å². The maximum atomic E-state index is 13.7. The number of aliphatic hydroxyl groups excluding tert-OH is 1. The molecule has 2 saturated heterocycles. The van der Waals surface area contributed by atoms with Gasteiger partial charge in [0.1, 0.15) is 0 Å². The molecule has 2 aromatic carbocycles. The van der Waals surface area contributed by atoms with Crippen molar-refractivity contribution in [1.29, 1.82) is 0 Å². The molecule has 2 fully saturated rings. The number of nitrogens with zero attached hydrogens (tertiary/aromatic N) is 1. The standard InChI is InChI=1S/C21H22N2O5S/c1-13-8-9-16(10-14(13)2)21(15-6-4-3-5-7-15)19(25)23(20(26)22-21)17-11-29(27,28)12-18(17)24/h3-10,17-18,24H,11-12H2,1-2H3,(H,22,26)/t17-,18+,21+/m1/s1. The van der Waals surface area contributed by atoms with Gasteiger partial charge in [-0.1, -0.05) is 48.5 Å². The van der Waals surface area contributed by atoms with E-state index in [0.717, 1.165) is 16.0 Å². The van der Waals surface area contributed by atoms with Gasteiger partial charge in [0.25, 0.3) is 5.91 Å². The van der Waals surface area contributed by atoms with Crippen LogP contribution >= 0.6 is 0 Å². The lowest BCUT2D eigenvalue weighted by Gasteiger charge is -2.30. The SMILES string of the molecule is Cc1ccc([C@]2(c3ccccc3)NC(=O)N([C@@H]3CS(=O)(=O)C[C@@H]3O)C2=O)cc1C. The van der Waals surface area contributed by atoms with E-state index < -0.39 is 51.0 Å². The van der Waals surface area contributed by atoms with E-state index >= 15 is 0 Å². The van der Waals surface area contributed by atoms with Gasteiger partial charge in [0.2, 0.25) is 0 Å². The molecule has 0 aliphatic carbocycles. The Morgan fingerprint density at radius 2 is 1.69 bits per heavy atom. The minimum absolute atomic E-state index is 0.439. The molecule has 2 aromatic rings. The van der Waals surface area contributed by atoms with Crippen LogP contribution in [0.3, 0.4) is 0 Å². The highest BCUT2D eigenvalue weighted by atomic mass is 32.2. The second-order valence-electron chi connectivity index (χ2n) is 7.73. The average Bonchev–Trinajstić information content (AvgIpc) is 3.09. The monoisotopic (exact) mass is 414 g/mol. The van der Waals surface area contributed by atoms with Crippen LogP contribution in [-0.4, -0.2) is 54.0 Å². The number of benzene rings is 2. The quantitative estimate of drug-likeness (QED) is 0.736. The molecule has 0 bridgehead atoms. The number of hydrogen-bond donors (Lipinski definition) is 2. The zero-order valence-electron chi connectivity index (χ0n) is 16.1. The highest BCUT2D eigenvalue weighted by Crippen LogP contribution is 2.38. The number of amides is 3. The van der Waals surface area contributed by atoms with Crippen LogP contribution in [0.4, 0.5) is 4.79 Å². The van der Waals surface area contributed by atoms with Gasteiger partial charge in [-0.3, -0.25) is 9.69 Å². The van der Waals surface area contributed by atoms with Gasteiger partial charge in [0, 0.05) is 0 Å². The molecule has 3 amide bonds. The van der Waals surface area contributed by atoms with E-state index in [1.807, 2.05) is 32.0 Å². The Morgan fingerprint density at radius 1 is 1.00 bits per heavy atom. The summed E-state index contributed by atoms with van der Waals surface area (Å²) in [6, 6.07) is 12.6. The predicted octanol–water partition coefficient (Wildman–Crippen LogP) is 1.26. The third-order valence-corrected chi connectivity index (χ3v) is 7.52. The molecule has 2 heterocycles. The molecule has 2 aliphatic heterocycles. The van der Waals surface area contributed by atoms with Crippen LogP contribution in [-0.2, 0) is 20.2 Å². The summed E-state index contributed by atoms with van der Waals surface area (Å²) in [5.41, 5.74) is 1.68. The molecule has 0 aromatic heterocycles. The van der Waals surface area contributed by atoms with E-state index in [-0.39, 0.29) is 0 Å².